The first-order valence-electron chi connectivity index (χ1n) is 8.84. The lowest BCUT2D eigenvalue weighted by Crippen LogP contribution is -2.43. The van der Waals surface area contributed by atoms with E-state index < -0.39 is 0 Å². The average molecular weight is 377 g/mol. The number of rotatable bonds is 7. The highest BCUT2D eigenvalue weighted by Gasteiger charge is 2.12. The quantitative estimate of drug-likeness (QED) is 0.385. The van der Waals surface area contributed by atoms with Gasteiger partial charge in [-0.15, -0.1) is 0 Å². The molecule has 1 fully saturated rings. The average Bonchev–Trinajstić information content (AvgIpc) is 2.64. The molecule has 0 bridgehead atoms. The predicted octanol–water partition coefficient (Wildman–Crippen LogP) is 1.76. The van der Waals surface area contributed by atoms with Crippen molar-refractivity contribution in [3.63, 3.8) is 0 Å². The zero-order valence-electron chi connectivity index (χ0n) is 14.7. The minimum Gasteiger partial charge on any atom is -0.383 e. The van der Waals surface area contributed by atoms with Crippen molar-refractivity contribution in [3.8, 4) is 0 Å². The number of thioether (sulfide) groups is 1. The van der Waals surface area contributed by atoms with E-state index >= 15 is 0 Å². The summed E-state index contributed by atoms with van der Waals surface area (Å²) in [5.41, 5.74) is 13.8. The summed E-state index contributed by atoms with van der Waals surface area (Å²) in [7, 11) is 0. The second-order valence-corrected chi connectivity index (χ2v) is 7.41. The van der Waals surface area contributed by atoms with E-state index in [1.807, 2.05) is 0 Å². The maximum absolute atomic E-state index is 13.0. The summed E-state index contributed by atoms with van der Waals surface area (Å²) in [6.07, 6.45) is 1.57. The third kappa shape index (κ3) is 5.30. The molecule has 26 heavy (non-hydrogen) atoms. The number of nitrogens with one attached hydrogen (secondary N) is 1. The minimum atomic E-state index is -0.265. The number of piperazine rings is 1. The van der Waals surface area contributed by atoms with Crippen molar-refractivity contribution >= 4 is 23.4 Å². The number of nitrogens with zero attached hydrogens (tertiary/aromatic N) is 3. The Kier molecular flexibility index (Phi) is 6.65. The van der Waals surface area contributed by atoms with Gasteiger partial charge in [0.1, 0.15) is 17.5 Å². The molecular weight excluding hydrogens is 351 g/mol. The number of benzene rings is 1. The van der Waals surface area contributed by atoms with Crippen LogP contribution < -0.4 is 16.8 Å². The Balaban J connectivity index is 1.53. The number of anilines is 2. The highest BCUT2D eigenvalue weighted by Crippen LogP contribution is 2.24. The van der Waals surface area contributed by atoms with Crippen LogP contribution in [0.2, 0.25) is 0 Å². The van der Waals surface area contributed by atoms with Crippen molar-refractivity contribution in [1.29, 1.82) is 0 Å². The van der Waals surface area contributed by atoms with E-state index in [4.69, 9.17) is 11.5 Å². The molecule has 0 unspecified atom stereocenters. The van der Waals surface area contributed by atoms with Gasteiger partial charge in [-0.05, 0) is 30.7 Å². The number of hydrogen-bond donors (Lipinski definition) is 3. The first kappa shape index (κ1) is 18.9. The van der Waals surface area contributed by atoms with Gasteiger partial charge in [0, 0.05) is 43.9 Å². The Morgan fingerprint density at radius 2 is 1.73 bits per heavy atom. The molecule has 1 aromatic heterocycles. The first-order chi connectivity index (χ1) is 12.6. The lowest BCUT2D eigenvalue weighted by molar-refractivity contribution is 0.242. The van der Waals surface area contributed by atoms with Gasteiger partial charge < -0.3 is 21.7 Å². The molecule has 0 saturated carbocycles. The molecule has 6 nitrogen and oxygen atoms in total. The van der Waals surface area contributed by atoms with E-state index in [0.29, 0.717) is 28.8 Å². The van der Waals surface area contributed by atoms with E-state index in [1.165, 1.54) is 12.1 Å². The number of nitrogen functional groups attached to an aromatic ring is 2. The van der Waals surface area contributed by atoms with Crippen LogP contribution >= 0.6 is 11.8 Å². The standard InChI is InChI=1S/C18H25FN6S/c19-14-4-2-13(3-5-14)12-15-16(20)23-18(24-17(15)21)26-11-1-8-25-9-6-22-7-10-25/h2-5,22H,1,6-12H2,(H4,20,21,23,24). The van der Waals surface area contributed by atoms with Gasteiger partial charge in [-0.3, -0.25) is 0 Å². The molecule has 140 valence electrons. The molecule has 1 aliphatic rings. The lowest BCUT2D eigenvalue weighted by Gasteiger charge is -2.26. The Hall–Kier alpha value is -1.90. The maximum atomic E-state index is 13.0. The molecule has 8 heteroatoms. The lowest BCUT2D eigenvalue weighted by atomic mass is 10.1. The van der Waals surface area contributed by atoms with Gasteiger partial charge in [0.2, 0.25) is 0 Å². The van der Waals surface area contributed by atoms with Crippen molar-refractivity contribution in [1.82, 2.24) is 20.2 Å². The van der Waals surface area contributed by atoms with Crippen LogP contribution in [0.5, 0.6) is 0 Å². The highest BCUT2D eigenvalue weighted by molar-refractivity contribution is 7.99. The second-order valence-electron chi connectivity index (χ2n) is 6.35. The molecule has 5 N–H and O–H groups in total. The molecule has 0 radical (unpaired) electrons. The molecule has 1 aromatic carbocycles. The monoisotopic (exact) mass is 376 g/mol. The summed E-state index contributed by atoms with van der Waals surface area (Å²) in [6.45, 7) is 5.44. The van der Waals surface area contributed by atoms with Gasteiger partial charge in [-0.2, -0.15) is 0 Å². The molecule has 0 amide bonds. The predicted molar refractivity (Wildman–Crippen MR) is 105 cm³/mol. The first-order valence-corrected chi connectivity index (χ1v) is 9.82. The molecule has 1 aliphatic heterocycles. The zero-order chi connectivity index (χ0) is 18.4. The fourth-order valence-corrected chi connectivity index (χ4v) is 3.72. The van der Waals surface area contributed by atoms with Crippen LogP contribution in [0.15, 0.2) is 29.4 Å². The fourth-order valence-electron chi connectivity index (χ4n) is 2.94. The van der Waals surface area contributed by atoms with Gasteiger partial charge in [0.15, 0.2) is 5.16 Å². The summed E-state index contributed by atoms with van der Waals surface area (Å²) in [6, 6.07) is 6.27. The SMILES string of the molecule is Nc1nc(SCCCN2CCNCC2)nc(N)c1Cc1ccc(F)cc1. The van der Waals surface area contributed by atoms with Crippen LogP contribution in [0, 0.1) is 5.82 Å². The third-order valence-electron chi connectivity index (χ3n) is 4.40. The number of hydrogen-bond acceptors (Lipinski definition) is 7. The maximum Gasteiger partial charge on any atom is 0.191 e. The minimum absolute atomic E-state index is 0.265. The summed E-state index contributed by atoms with van der Waals surface area (Å²) >= 11 is 1.58. The highest BCUT2D eigenvalue weighted by atomic mass is 32.2. The van der Waals surface area contributed by atoms with Gasteiger partial charge >= 0.3 is 0 Å². The van der Waals surface area contributed by atoms with Gasteiger partial charge in [-0.25, -0.2) is 14.4 Å². The molecule has 2 heterocycles. The van der Waals surface area contributed by atoms with E-state index in [0.717, 1.165) is 50.5 Å². The zero-order valence-corrected chi connectivity index (χ0v) is 15.6. The van der Waals surface area contributed by atoms with Crippen LogP contribution in [0.25, 0.3) is 0 Å². The van der Waals surface area contributed by atoms with E-state index in [-0.39, 0.29) is 5.82 Å². The van der Waals surface area contributed by atoms with Crippen molar-refractivity contribution in [3.05, 3.63) is 41.2 Å². The largest absolute Gasteiger partial charge is 0.383 e. The van der Waals surface area contributed by atoms with Crippen molar-refractivity contribution in [2.75, 3.05) is 49.9 Å². The Morgan fingerprint density at radius 3 is 2.38 bits per heavy atom. The molecule has 2 aromatic rings. The molecule has 0 aliphatic carbocycles. The Bertz CT molecular complexity index is 695. The smallest absolute Gasteiger partial charge is 0.191 e. The number of nitrogens with two attached hydrogens (primary N) is 2. The molecule has 1 saturated heterocycles. The van der Waals surface area contributed by atoms with E-state index in [9.17, 15) is 4.39 Å². The van der Waals surface area contributed by atoms with Gasteiger partial charge in [-0.1, -0.05) is 23.9 Å². The van der Waals surface area contributed by atoms with E-state index in [1.54, 1.807) is 23.9 Å². The van der Waals surface area contributed by atoms with Crippen LogP contribution in [-0.2, 0) is 6.42 Å². The summed E-state index contributed by atoms with van der Waals surface area (Å²) in [5.74, 6) is 1.46. The van der Waals surface area contributed by atoms with Crippen LogP contribution in [0.3, 0.4) is 0 Å². The van der Waals surface area contributed by atoms with Crippen LogP contribution in [-0.4, -0.2) is 53.3 Å². The number of aromatic nitrogens is 2. The van der Waals surface area contributed by atoms with Crippen LogP contribution in [0.4, 0.5) is 16.0 Å². The second kappa shape index (κ2) is 9.16. The van der Waals surface area contributed by atoms with E-state index in [2.05, 4.69) is 20.2 Å². The third-order valence-corrected chi connectivity index (χ3v) is 5.34. The summed E-state index contributed by atoms with van der Waals surface area (Å²) in [4.78, 5) is 11.2. The topological polar surface area (TPSA) is 93.1 Å². The normalized spacial score (nSPS) is 15.3. The molecular formula is C18H25FN6S. The number of halogens is 1. The molecule has 0 spiro atoms. The van der Waals surface area contributed by atoms with Crippen molar-refractivity contribution < 1.29 is 4.39 Å². The Morgan fingerprint density at radius 1 is 1.08 bits per heavy atom. The van der Waals surface area contributed by atoms with Crippen molar-refractivity contribution in [2.45, 2.75) is 18.0 Å². The van der Waals surface area contributed by atoms with Gasteiger partial charge in [0.25, 0.3) is 0 Å². The van der Waals surface area contributed by atoms with Crippen molar-refractivity contribution in [2.24, 2.45) is 0 Å². The molecule has 0 atom stereocenters. The van der Waals surface area contributed by atoms with Gasteiger partial charge in [0.05, 0.1) is 0 Å². The Labute approximate surface area is 157 Å². The molecule has 3 rings (SSSR count). The fraction of sp³-hybridized carbons (Fsp3) is 0.444. The van der Waals surface area contributed by atoms with Crippen LogP contribution in [0.1, 0.15) is 17.5 Å². The summed E-state index contributed by atoms with van der Waals surface area (Å²) in [5, 5.41) is 3.97. The summed E-state index contributed by atoms with van der Waals surface area (Å²) < 4.78 is 13.0.